The summed E-state index contributed by atoms with van der Waals surface area (Å²) in [4.78, 5) is 11.5. The van der Waals surface area contributed by atoms with Crippen LogP contribution in [0.25, 0.3) is 0 Å². The molecule has 0 aliphatic heterocycles. The van der Waals surface area contributed by atoms with Crippen LogP contribution in [0.4, 0.5) is 0 Å². The van der Waals surface area contributed by atoms with Crippen molar-refractivity contribution in [2.24, 2.45) is 0 Å². The zero-order valence-electron chi connectivity index (χ0n) is 18.0. The number of carboxylic acid groups (broad SMARTS) is 1. The molecule has 0 saturated heterocycles. The molecular weight excluding hydrogens is 348 g/mol. The van der Waals surface area contributed by atoms with Gasteiger partial charge in [0.1, 0.15) is 11.3 Å². The van der Waals surface area contributed by atoms with Crippen LogP contribution >= 0.6 is 0 Å². The molecule has 0 aliphatic rings. The van der Waals surface area contributed by atoms with Gasteiger partial charge in [0.05, 0.1) is 7.11 Å². The van der Waals surface area contributed by atoms with Crippen molar-refractivity contribution in [1.82, 2.24) is 0 Å². The number of aromatic carboxylic acids is 1. The van der Waals surface area contributed by atoms with Crippen molar-refractivity contribution in [3.05, 3.63) is 41.5 Å². The third-order valence-electron chi connectivity index (χ3n) is 5.25. The summed E-state index contributed by atoms with van der Waals surface area (Å²) in [5.41, 5.74) is 1.21. The molecule has 0 aliphatic carbocycles. The highest BCUT2D eigenvalue weighted by Gasteiger charge is 2.15. The summed E-state index contributed by atoms with van der Waals surface area (Å²) in [6.07, 6.45) is 22.0. The molecule has 0 heterocycles. The Labute approximate surface area is 172 Å². The molecule has 1 aromatic carbocycles. The van der Waals surface area contributed by atoms with E-state index in [0.717, 1.165) is 24.8 Å². The molecule has 0 bridgehead atoms. The van der Waals surface area contributed by atoms with Gasteiger partial charge >= 0.3 is 5.97 Å². The molecule has 28 heavy (non-hydrogen) atoms. The van der Waals surface area contributed by atoms with Crippen molar-refractivity contribution in [3.8, 4) is 5.75 Å². The Kier molecular flexibility index (Phi) is 14.0. The van der Waals surface area contributed by atoms with Gasteiger partial charge in [-0.3, -0.25) is 0 Å². The predicted octanol–water partition coefficient (Wildman–Crippen LogP) is 7.58. The number of aryl methyl sites for hydroxylation is 1. The predicted molar refractivity (Wildman–Crippen MR) is 118 cm³/mol. The van der Waals surface area contributed by atoms with E-state index < -0.39 is 5.97 Å². The standard InChI is InChI=1S/C25H40O3/c1-3-4-5-6-7-8-9-10-11-12-13-14-15-16-17-19-22-20-18-21-23(28-2)24(22)25(26)27/h8-9,18,20-21H,3-7,10-17,19H2,1-2H3,(H,26,27)/b9-8-. The summed E-state index contributed by atoms with van der Waals surface area (Å²) in [5.74, 6) is -0.442. The smallest absolute Gasteiger partial charge is 0.339 e. The van der Waals surface area contributed by atoms with E-state index in [1.807, 2.05) is 12.1 Å². The first-order valence-corrected chi connectivity index (χ1v) is 11.2. The normalized spacial score (nSPS) is 11.2. The van der Waals surface area contributed by atoms with Gasteiger partial charge in [-0.1, -0.05) is 82.6 Å². The summed E-state index contributed by atoms with van der Waals surface area (Å²) in [5, 5.41) is 9.42. The van der Waals surface area contributed by atoms with Crippen LogP contribution in [0, 0.1) is 0 Å². The number of rotatable bonds is 17. The highest BCUT2D eigenvalue weighted by molar-refractivity contribution is 5.92. The van der Waals surface area contributed by atoms with Crippen molar-refractivity contribution in [2.45, 2.75) is 96.8 Å². The number of hydrogen-bond acceptors (Lipinski definition) is 2. The van der Waals surface area contributed by atoms with Gasteiger partial charge in [-0.05, 0) is 50.2 Å². The molecule has 3 heteroatoms. The van der Waals surface area contributed by atoms with Gasteiger partial charge < -0.3 is 9.84 Å². The van der Waals surface area contributed by atoms with Crippen LogP contribution in [-0.2, 0) is 6.42 Å². The number of carboxylic acids is 1. The molecule has 1 N–H and O–H groups in total. The van der Waals surface area contributed by atoms with Gasteiger partial charge in [0.25, 0.3) is 0 Å². The SMILES string of the molecule is CCCCCC/C=C\CCCCCCCCCc1cccc(OC)c1C(=O)O. The van der Waals surface area contributed by atoms with Gasteiger partial charge in [-0.2, -0.15) is 0 Å². The molecule has 0 fully saturated rings. The topological polar surface area (TPSA) is 46.5 Å². The fourth-order valence-electron chi connectivity index (χ4n) is 3.58. The third kappa shape index (κ3) is 10.5. The van der Waals surface area contributed by atoms with Crippen LogP contribution in [0.1, 0.15) is 106 Å². The van der Waals surface area contributed by atoms with Crippen LogP contribution in [0.3, 0.4) is 0 Å². The zero-order chi connectivity index (χ0) is 20.5. The molecular formula is C25H40O3. The number of allylic oxidation sites excluding steroid dienone is 2. The highest BCUT2D eigenvalue weighted by Crippen LogP contribution is 2.24. The van der Waals surface area contributed by atoms with E-state index >= 15 is 0 Å². The summed E-state index contributed by atoms with van der Waals surface area (Å²) < 4.78 is 5.19. The maximum atomic E-state index is 11.5. The molecule has 3 nitrogen and oxygen atoms in total. The number of benzene rings is 1. The van der Waals surface area contributed by atoms with Crippen molar-refractivity contribution < 1.29 is 14.6 Å². The van der Waals surface area contributed by atoms with E-state index in [0.29, 0.717) is 11.3 Å². The van der Waals surface area contributed by atoms with Crippen molar-refractivity contribution in [2.75, 3.05) is 7.11 Å². The Hall–Kier alpha value is -1.77. The van der Waals surface area contributed by atoms with Crippen LogP contribution < -0.4 is 4.74 Å². The van der Waals surface area contributed by atoms with E-state index in [4.69, 9.17) is 4.74 Å². The first kappa shape index (κ1) is 24.3. The Morgan fingerprint density at radius 3 is 2.04 bits per heavy atom. The van der Waals surface area contributed by atoms with Crippen molar-refractivity contribution >= 4 is 5.97 Å². The fraction of sp³-hybridized carbons (Fsp3) is 0.640. The van der Waals surface area contributed by atoms with Crippen LogP contribution in [0.2, 0.25) is 0 Å². The number of unbranched alkanes of at least 4 members (excludes halogenated alkanes) is 11. The Balaban J connectivity index is 2.04. The number of methoxy groups -OCH3 is 1. The molecule has 1 rings (SSSR count). The zero-order valence-corrected chi connectivity index (χ0v) is 18.0. The van der Waals surface area contributed by atoms with E-state index in [9.17, 15) is 9.90 Å². The van der Waals surface area contributed by atoms with E-state index in [1.54, 1.807) is 6.07 Å². The summed E-state index contributed by atoms with van der Waals surface area (Å²) in [6.45, 7) is 2.26. The molecule has 0 unspecified atom stereocenters. The van der Waals surface area contributed by atoms with Crippen molar-refractivity contribution in [1.29, 1.82) is 0 Å². The number of hydrogen-bond donors (Lipinski definition) is 1. The van der Waals surface area contributed by atoms with Crippen LogP contribution in [0.15, 0.2) is 30.4 Å². The quantitative estimate of drug-likeness (QED) is 0.221. The largest absolute Gasteiger partial charge is 0.496 e. The first-order valence-electron chi connectivity index (χ1n) is 11.2. The number of ether oxygens (including phenoxy) is 1. The number of carbonyl (C=O) groups is 1. The molecule has 0 radical (unpaired) electrons. The average molecular weight is 389 g/mol. The Morgan fingerprint density at radius 2 is 1.46 bits per heavy atom. The van der Waals surface area contributed by atoms with E-state index in [2.05, 4.69) is 19.1 Å². The van der Waals surface area contributed by atoms with Gasteiger partial charge in [0, 0.05) is 0 Å². The highest BCUT2D eigenvalue weighted by atomic mass is 16.5. The molecule has 0 aromatic heterocycles. The lowest BCUT2D eigenvalue weighted by Gasteiger charge is -2.10. The monoisotopic (exact) mass is 388 g/mol. The molecule has 1 aromatic rings. The third-order valence-corrected chi connectivity index (χ3v) is 5.25. The van der Waals surface area contributed by atoms with Gasteiger partial charge in [-0.15, -0.1) is 0 Å². The second kappa shape index (κ2) is 16.2. The lowest BCUT2D eigenvalue weighted by molar-refractivity contribution is 0.0692. The first-order chi connectivity index (χ1) is 13.7. The molecule has 0 amide bonds. The minimum absolute atomic E-state index is 0.323. The summed E-state index contributed by atoms with van der Waals surface area (Å²) >= 11 is 0. The lowest BCUT2D eigenvalue weighted by atomic mass is 9.99. The van der Waals surface area contributed by atoms with E-state index in [1.165, 1.54) is 77.7 Å². The van der Waals surface area contributed by atoms with Crippen molar-refractivity contribution in [3.63, 3.8) is 0 Å². The second-order valence-electron chi connectivity index (χ2n) is 7.63. The molecule has 158 valence electrons. The minimum atomic E-state index is -0.901. The fourth-order valence-corrected chi connectivity index (χ4v) is 3.58. The summed E-state index contributed by atoms with van der Waals surface area (Å²) in [6, 6.07) is 5.50. The summed E-state index contributed by atoms with van der Waals surface area (Å²) in [7, 11) is 1.52. The van der Waals surface area contributed by atoms with Gasteiger partial charge in [0.2, 0.25) is 0 Å². The van der Waals surface area contributed by atoms with Crippen LogP contribution in [-0.4, -0.2) is 18.2 Å². The maximum absolute atomic E-state index is 11.5. The molecule has 0 saturated carbocycles. The lowest BCUT2D eigenvalue weighted by Crippen LogP contribution is -2.05. The van der Waals surface area contributed by atoms with Gasteiger partial charge in [-0.25, -0.2) is 4.79 Å². The minimum Gasteiger partial charge on any atom is -0.496 e. The van der Waals surface area contributed by atoms with E-state index in [-0.39, 0.29) is 0 Å². The second-order valence-corrected chi connectivity index (χ2v) is 7.63. The van der Waals surface area contributed by atoms with Gasteiger partial charge in [0.15, 0.2) is 0 Å². The molecule has 0 spiro atoms. The van der Waals surface area contributed by atoms with Crippen LogP contribution in [0.5, 0.6) is 5.75 Å². The maximum Gasteiger partial charge on any atom is 0.339 e. The Morgan fingerprint density at radius 1 is 0.893 bits per heavy atom. The molecule has 0 atom stereocenters. The average Bonchev–Trinajstić information content (AvgIpc) is 2.70. The Bertz CT molecular complexity index is 563.